The predicted molar refractivity (Wildman–Crippen MR) is 142 cm³/mol. The Morgan fingerprint density at radius 3 is 2.32 bits per heavy atom. The molecule has 3 aromatic carbocycles. The molecule has 0 fully saturated rings. The van der Waals surface area contributed by atoms with Gasteiger partial charge in [-0.05, 0) is 66.1 Å². The molecule has 3 aromatic rings. The van der Waals surface area contributed by atoms with Gasteiger partial charge in [0.05, 0.1) is 12.7 Å². The van der Waals surface area contributed by atoms with Crippen molar-refractivity contribution in [3.8, 4) is 11.5 Å². The van der Waals surface area contributed by atoms with E-state index in [4.69, 9.17) is 14.2 Å². The van der Waals surface area contributed by atoms with Gasteiger partial charge in [0.25, 0.3) is 0 Å². The van der Waals surface area contributed by atoms with Crippen molar-refractivity contribution in [2.75, 3.05) is 7.11 Å². The van der Waals surface area contributed by atoms with Crippen molar-refractivity contribution in [3.63, 3.8) is 0 Å². The van der Waals surface area contributed by atoms with E-state index in [0.29, 0.717) is 35.9 Å². The Morgan fingerprint density at radius 1 is 1.00 bits per heavy atom. The summed E-state index contributed by atoms with van der Waals surface area (Å²) in [5.41, 5.74) is 4.07. The van der Waals surface area contributed by atoms with Crippen molar-refractivity contribution < 1.29 is 19.0 Å². The number of hydrogen-bond donors (Lipinski definition) is 0. The van der Waals surface area contributed by atoms with Crippen LogP contribution in [0.1, 0.15) is 22.3 Å². The zero-order valence-corrected chi connectivity index (χ0v) is 21.7. The topological polar surface area (TPSA) is 44.8 Å². The molecule has 0 unspecified atom stereocenters. The zero-order chi connectivity index (χ0) is 24.1. The standard InChI is InChI=1S/C28H22Br2O4/c1-3-4-21-13-19(14-22-16-25(34-28(22)31)20-7-11-24(30)12-8-20)15-26(32-2)27(21)33-17-18-5-9-23(29)10-6-18/h3,5-16H,1,4,17H2,2H3/b22-14+. The van der Waals surface area contributed by atoms with E-state index in [1.165, 1.54) is 0 Å². The number of halogens is 2. The summed E-state index contributed by atoms with van der Waals surface area (Å²) in [7, 11) is 1.60. The number of allylic oxidation sites excluding steroid dienone is 1. The fourth-order valence-corrected chi connectivity index (χ4v) is 4.08. The van der Waals surface area contributed by atoms with Crippen LogP contribution in [0.3, 0.4) is 0 Å². The third kappa shape index (κ3) is 5.69. The van der Waals surface area contributed by atoms with Crippen LogP contribution in [0, 0.1) is 0 Å². The van der Waals surface area contributed by atoms with Crippen molar-refractivity contribution in [1.29, 1.82) is 0 Å². The maximum Gasteiger partial charge on any atom is 0.343 e. The maximum absolute atomic E-state index is 12.5. The van der Waals surface area contributed by atoms with Gasteiger partial charge in [-0.25, -0.2) is 4.79 Å². The third-order valence-electron chi connectivity index (χ3n) is 5.21. The Morgan fingerprint density at radius 2 is 1.68 bits per heavy atom. The van der Waals surface area contributed by atoms with E-state index in [2.05, 4.69) is 38.4 Å². The van der Waals surface area contributed by atoms with Gasteiger partial charge in [0.15, 0.2) is 11.5 Å². The smallest absolute Gasteiger partial charge is 0.343 e. The number of ether oxygens (including phenoxy) is 3. The predicted octanol–water partition coefficient (Wildman–Crippen LogP) is 7.51. The van der Waals surface area contributed by atoms with Crippen LogP contribution >= 0.6 is 31.9 Å². The van der Waals surface area contributed by atoms with Crippen LogP contribution in [0.25, 0.3) is 11.8 Å². The highest BCUT2D eigenvalue weighted by molar-refractivity contribution is 9.10. The lowest BCUT2D eigenvalue weighted by atomic mass is 10.0. The molecule has 4 rings (SSSR count). The van der Waals surface area contributed by atoms with Crippen LogP contribution in [-0.2, 0) is 22.6 Å². The number of esters is 1. The first-order chi connectivity index (χ1) is 16.5. The largest absolute Gasteiger partial charge is 0.493 e. The van der Waals surface area contributed by atoms with E-state index in [0.717, 1.165) is 31.2 Å². The Bertz CT molecular complexity index is 1270. The Hall–Kier alpha value is -3.09. The minimum absolute atomic E-state index is 0.391. The molecule has 1 heterocycles. The van der Waals surface area contributed by atoms with Crippen molar-refractivity contribution in [1.82, 2.24) is 0 Å². The van der Waals surface area contributed by atoms with E-state index in [-0.39, 0.29) is 0 Å². The molecule has 0 amide bonds. The van der Waals surface area contributed by atoms with E-state index < -0.39 is 5.97 Å². The molecule has 0 atom stereocenters. The Balaban J connectivity index is 1.64. The third-order valence-corrected chi connectivity index (χ3v) is 6.27. The van der Waals surface area contributed by atoms with Gasteiger partial charge in [-0.2, -0.15) is 0 Å². The highest BCUT2D eigenvalue weighted by Crippen LogP contribution is 2.36. The van der Waals surface area contributed by atoms with Crippen LogP contribution in [0.5, 0.6) is 11.5 Å². The lowest BCUT2D eigenvalue weighted by Crippen LogP contribution is -2.02. The molecule has 4 nitrogen and oxygen atoms in total. The van der Waals surface area contributed by atoms with Crippen LogP contribution in [0.15, 0.2) is 93.9 Å². The number of cyclic esters (lactones) is 1. The van der Waals surface area contributed by atoms with Gasteiger partial charge in [0.1, 0.15) is 12.4 Å². The monoisotopic (exact) mass is 580 g/mol. The van der Waals surface area contributed by atoms with Gasteiger partial charge >= 0.3 is 5.97 Å². The Labute approximate surface area is 215 Å². The first-order valence-electron chi connectivity index (χ1n) is 10.6. The first kappa shape index (κ1) is 24.0. The molecule has 0 aromatic heterocycles. The second-order valence-electron chi connectivity index (χ2n) is 7.62. The molecule has 1 aliphatic rings. The van der Waals surface area contributed by atoms with Crippen LogP contribution in [0.4, 0.5) is 0 Å². The average Bonchev–Trinajstić information content (AvgIpc) is 3.19. The second kappa shape index (κ2) is 10.9. The summed E-state index contributed by atoms with van der Waals surface area (Å²) >= 11 is 6.87. The molecule has 0 aliphatic carbocycles. The minimum Gasteiger partial charge on any atom is -0.493 e. The minimum atomic E-state index is -0.391. The molecule has 0 saturated carbocycles. The number of hydrogen-bond acceptors (Lipinski definition) is 4. The Kier molecular flexibility index (Phi) is 7.70. The summed E-state index contributed by atoms with van der Waals surface area (Å²) < 4.78 is 19.3. The molecule has 34 heavy (non-hydrogen) atoms. The zero-order valence-electron chi connectivity index (χ0n) is 18.5. The molecule has 0 saturated heterocycles. The highest BCUT2D eigenvalue weighted by Gasteiger charge is 2.22. The fraction of sp³-hybridized carbons (Fsp3) is 0.107. The van der Waals surface area contributed by atoms with Crippen molar-refractivity contribution in [2.24, 2.45) is 0 Å². The number of methoxy groups -OCH3 is 1. The van der Waals surface area contributed by atoms with E-state index in [9.17, 15) is 4.79 Å². The summed E-state index contributed by atoms with van der Waals surface area (Å²) in [6.45, 7) is 4.27. The van der Waals surface area contributed by atoms with Crippen LogP contribution in [-0.4, -0.2) is 13.1 Å². The normalized spacial score (nSPS) is 14.0. The van der Waals surface area contributed by atoms with Gasteiger partial charge in [-0.15, -0.1) is 6.58 Å². The van der Waals surface area contributed by atoms with Gasteiger partial charge in [0, 0.05) is 20.1 Å². The van der Waals surface area contributed by atoms with Gasteiger partial charge < -0.3 is 14.2 Å². The molecule has 172 valence electrons. The molecule has 0 bridgehead atoms. The highest BCUT2D eigenvalue weighted by atomic mass is 79.9. The molecular formula is C28H22Br2O4. The number of benzene rings is 3. The van der Waals surface area contributed by atoms with Gasteiger partial charge in [-0.1, -0.05) is 62.2 Å². The van der Waals surface area contributed by atoms with Gasteiger partial charge in [0.2, 0.25) is 0 Å². The van der Waals surface area contributed by atoms with E-state index in [1.807, 2.05) is 66.7 Å². The van der Waals surface area contributed by atoms with Gasteiger partial charge in [-0.3, -0.25) is 0 Å². The number of rotatable bonds is 8. The molecule has 0 N–H and O–H groups in total. The molecule has 1 aliphatic heterocycles. The summed E-state index contributed by atoms with van der Waals surface area (Å²) in [6.07, 6.45) is 5.95. The lowest BCUT2D eigenvalue weighted by Gasteiger charge is -2.16. The summed E-state index contributed by atoms with van der Waals surface area (Å²) in [4.78, 5) is 12.5. The van der Waals surface area contributed by atoms with Crippen LogP contribution < -0.4 is 9.47 Å². The van der Waals surface area contributed by atoms with Crippen LogP contribution in [0.2, 0.25) is 0 Å². The van der Waals surface area contributed by atoms with E-state index >= 15 is 0 Å². The first-order valence-corrected chi connectivity index (χ1v) is 12.2. The van der Waals surface area contributed by atoms with E-state index in [1.54, 1.807) is 19.3 Å². The fourth-order valence-electron chi connectivity index (χ4n) is 3.55. The molecular weight excluding hydrogens is 560 g/mol. The van der Waals surface area contributed by atoms with Crippen molar-refractivity contribution in [2.45, 2.75) is 13.0 Å². The maximum atomic E-state index is 12.5. The van der Waals surface area contributed by atoms with Crippen molar-refractivity contribution in [3.05, 3.63) is 116 Å². The quantitative estimate of drug-likeness (QED) is 0.157. The molecule has 6 heteroatoms. The summed E-state index contributed by atoms with van der Waals surface area (Å²) in [6, 6.07) is 19.4. The molecule has 0 spiro atoms. The average molecular weight is 582 g/mol. The SMILES string of the molecule is C=CCc1cc(/C=C2\C=C(c3ccc(Br)cc3)OC2=O)cc(OC)c1OCc1ccc(Br)cc1. The lowest BCUT2D eigenvalue weighted by molar-refractivity contribution is -0.130. The van der Waals surface area contributed by atoms with Crippen molar-refractivity contribution >= 4 is 49.7 Å². The number of carbonyl (C=O) groups is 1. The second-order valence-corrected chi connectivity index (χ2v) is 9.46. The summed E-state index contributed by atoms with van der Waals surface area (Å²) in [5.74, 6) is 1.38. The number of carbonyl (C=O) groups excluding carboxylic acids is 1. The summed E-state index contributed by atoms with van der Waals surface area (Å²) in [5, 5.41) is 0. The molecule has 0 radical (unpaired) electrons.